The summed E-state index contributed by atoms with van der Waals surface area (Å²) in [5.74, 6) is -2.50. The van der Waals surface area contributed by atoms with Crippen LogP contribution < -0.4 is 30.9 Å². The number of carbonyl (C=O) groups is 5. The number of aryl methyl sites for hydroxylation is 1. The summed E-state index contributed by atoms with van der Waals surface area (Å²) in [5, 5.41) is 22.3. The van der Waals surface area contributed by atoms with E-state index in [9.17, 15) is 67.9 Å². The van der Waals surface area contributed by atoms with Gasteiger partial charge >= 0.3 is 5.51 Å². The largest absolute Gasteiger partial charge is 0.501 e. The molecule has 5 amide bonds. The minimum atomic E-state index is -6.20. The van der Waals surface area contributed by atoms with Gasteiger partial charge in [-0.15, -0.1) is 23.1 Å². The molecule has 3 saturated heterocycles. The van der Waals surface area contributed by atoms with Crippen LogP contribution in [0.3, 0.4) is 0 Å². The molecule has 6 N–H and O–H groups in total. The van der Waals surface area contributed by atoms with Crippen molar-refractivity contribution in [3.8, 4) is 10.4 Å². The van der Waals surface area contributed by atoms with E-state index in [0.29, 0.717) is 84.0 Å². The van der Waals surface area contributed by atoms with Gasteiger partial charge in [0.15, 0.2) is 0 Å². The number of aliphatic hydroxyl groups excluding tert-OH is 1. The maximum absolute atomic E-state index is 14.6. The molecule has 29 heteroatoms. The summed E-state index contributed by atoms with van der Waals surface area (Å²) >= 11 is 2.93. The Labute approximate surface area is 628 Å². The lowest BCUT2D eigenvalue weighted by Gasteiger charge is -2.39. The van der Waals surface area contributed by atoms with E-state index < -0.39 is 82.6 Å². The third kappa shape index (κ3) is 22.4. The molecule has 0 saturated carbocycles. The van der Waals surface area contributed by atoms with E-state index in [0.717, 1.165) is 70.2 Å². The number of benzene rings is 4. The fourth-order valence-electron chi connectivity index (χ4n) is 14.1. The number of amides is 5. The number of rotatable bonds is 33. The molecule has 3 fully saturated rings. The van der Waals surface area contributed by atoms with Gasteiger partial charge in [-0.05, 0) is 160 Å². The molecular formula is C77H101F5N10O10S4. The van der Waals surface area contributed by atoms with Crippen LogP contribution in [0.5, 0.6) is 0 Å². The van der Waals surface area contributed by atoms with Gasteiger partial charge in [0.1, 0.15) is 17.0 Å². The maximum Gasteiger partial charge on any atom is 0.501 e. The van der Waals surface area contributed by atoms with E-state index in [1.54, 1.807) is 29.0 Å². The zero-order valence-corrected chi connectivity index (χ0v) is 64.7. The van der Waals surface area contributed by atoms with Crippen LogP contribution >= 0.6 is 23.1 Å². The summed E-state index contributed by atoms with van der Waals surface area (Å²) in [6.07, 6.45) is 3.86. The zero-order chi connectivity index (χ0) is 76.9. The highest BCUT2D eigenvalue weighted by Gasteiger charge is 2.49. The highest BCUT2D eigenvalue weighted by Crippen LogP contribution is 2.42. The van der Waals surface area contributed by atoms with Crippen molar-refractivity contribution in [1.29, 1.82) is 0 Å². The number of aromatic nitrogens is 1. The first-order valence-corrected chi connectivity index (χ1v) is 41.1. The van der Waals surface area contributed by atoms with Gasteiger partial charge in [-0.3, -0.25) is 28.9 Å². The quantitative estimate of drug-likeness (QED) is 0.00987. The van der Waals surface area contributed by atoms with Crippen LogP contribution in [0.2, 0.25) is 0 Å². The minimum Gasteiger partial charge on any atom is -0.396 e. The monoisotopic (exact) mass is 1550 g/mol. The third-order valence-electron chi connectivity index (χ3n) is 20.4. The molecule has 4 heterocycles. The molecule has 0 spiro atoms. The maximum atomic E-state index is 14.6. The predicted molar refractivity (Wildman–Crippen MR) is 405 cm³/mol. The van der Waals surface area contributed by atoms with Crippen molar-refractivity contribution in [2.45, 2.75) is 189 Å². The number of anilines is 2. The zero-order valence-electron chi connectivity index (χ0n) is 61.4. The number of alkyl halides is 5. The van der Waals surface area contributed by atoms with Crippen molar-refractivity contribution < 1.29 is 67.9 Å². The van der Waals surface area contributed by atoms with Crippen molar-refractivity contribution in [1.82, 2.24) is 40.4 Å². The minimum absolute atomic E-state index is 0.0575. The first-order valence-electron chi connectivity index (χ1n) is 36.3. The number of nitrogens with zero attached hydrogens (tertiary/aromatic N) is 5. The Morgan fingerprint density at radius 2 is 1.51 bits per heavy atom. The molecule has 4 aliphatic rings. The number of halogens is 5. The molecule has 0 bridgehead atoms. The van der Waals surface area contributed by atoms with Crippen LogP contribution in [0, 0.1) is 23.7 Å². The average Bonchev–Trinajstić information content (AvgIpc) is 0.962. The molecule has 1 aliphatic carbocycles. The summed E-state index contributed by atoms with van der Waals surface area (Å²) in [5.41, 5.74) is 0.760. The SMILES string of the molecule is C=C(CCC1=C(CN2CCN(c3ccc(C(=O)NS(=O)(=O)c4ccc(N[C@H](CCN5CC[C@@H](NC(=O)CCCCCC(=O)NC(C(=O)N6C[C@H](CO)C[C@H]6C(=O)N[C@@H](C)c6ccc(-c7scnc7C)cc6)C(C)(C)C)C5)CSc5ccccc5)c(S(=O)(=O)C(F)(F)F)c4)cc3)CC2)CCC(C)(C)C1)C(F)F. The Morgan fingerprint density at radius 3 is 2.15 bits per heavy atom. The number of hydrogen-bond acceptors (Lipinski definition) is 17. The molecular weight excluding hydrogens is 1450 g/mol. The third-order valence-corrected chi connectivity index (χ3v) is 25.4. The first-order chi connectivity index (χ1) is 50.1. The van der Waals surface area contributed by atoms with E-state index in [2.05, 4.69) is 61.4 Å². The van der Waals surface area contributed by atoms with Crippen molar-refractivity contribution in [2.24, 2.45) is 16.7 Å². The van der Waals surface area contributed by atoms with Crippen molar-refractivity contribution in [3.63, 3.8) is 0 Å². The molecule has 4 aromatic carbocycles. The van der Waals surface area contributed by atoms with Crippen LogP contribution in [0.15, 0.2) is 141 Å². The molecule has 3 aliphatic heterocycles. The van der Waals surface area contributed by atoms with Gasteiger partial charge in [-0.1, -0.05) is 101 Å². The Kier molecular flexibility index (Phi) is 28.3. The van der Waals surface area contributed by atoms with Crippen LogP contribution in [-0.4, -0.2) is 179 Å². The number of carbonyl (C=O) groups excluding carboxylic acids is 5. The smallest absolute Gasteiger partial charge is 0.396 e. The number of likely N-dealkylation sites (tertiary alicyclic amines) is 2. The van der Waals surface area contributed by atoms with Crippen LogP contribution in [0.25, 0.3) is 10.4 Å². The summed E-state index contributed by atoms with van der Waals surface area (Å²) < 4.78 is 127. The summed E-state index contributed by atoms with van der Waals surface area (Å²) in [7, 11) is -11.2. The highest BCUT2D eigenvalue weighted by atomic mass is 32.2. The van der Waals surface area contributed by atoms with E-state index in [-0.39, 0.29) is 103 Å². The van der Waals surface area contributed by atoms with Crippen LogP contribution in [-0.2, 0) is 39.0 Å². The van der Waals surface area contributed by atoms with Gasteiger partial charge in [-0.2, -0.15) is 13.2 Å². The number of allylic oxidation sites excluding steroid dienone is 2. The van der Waals surface area contributed by atoms with Gasteiger partial charge in [-0.25, -0.2) is 35.3 Å². The van der Waals surface area contributed by atoms with E-state index >= 15 is 0 Å². The van der Waals surface area contributed by atoms with E-state index in [4.69, 9.17) is 0 Å². The number of sulfone groups is 1. The first kappa shape index (κ1) is 82.8. The molecule has 106 heavy (non-hydrogen) atoms. The lowest BCUT2D eigenvalue weighted by Crippen LogP contribution is -2.57. The van der Waals surface area contributed by atoms with Gasteiger partial charge in [0.05, 0.1) is 32.7 Å². The molecule has 1 unspecified atom stereocenters. The Hall–Kier alpha value is -7.28. The molecule has 6 atom stereocenters. The lowest BCUT2D eigenvalue weighted by molar-refractivity contribution is -0.144. The number of sulfonamides is 1. The summed E-state index contributed by atoms with van der Waals surface area (Å²) in [4.78, 5) is 80.7. The van der Waals surface area contributed by atoms with Gasteiger partial charge < -0.3 is 41.1 Å². The number of aliphatic hydroxyl groups is 1. The Balaban J connectivity index is 0.744. The highest BCUT2D eigenvalue weighted by molar-refractivity contribution is 7.99. The number of thiazole rings is 1. The predicted octanol–water partition coefficient (Wildman–Crippen LogP) is 12.5. The van der Waals surface area contributed by atoms with Crippen LogP contribution in [0.4, 0.5) is 33.3 Å². The average molecular weight is 1550 g/mol. The van der Waals surface area contributed by atoms with Gasteiger partial charge in [0.25, 0.3) is 32.2 Å². The number of hydrogen-bond donors (Lipinski definition) is 6. The van der Waals surface area contributed by atoms with E-state index in [1.165, 1.54) is 39.9 Å². The van der Waals surface area contributed by atoms with Crippen molar-refractivity contribution in [3.05, 3.63) is 143 Å². The van der Waals surface area contributed by atoms with Gasteiger partial charge in [0.2, 0.25) is 23.6 Å². The molecule has 5 aromatic rings. The number of piperazine rings is 1. The van der Waals surface area contributed by atoms with Crippen molar-refractivity contribution >= 4 is 83.9 Å². The summed E-state index contributed by atoms with van der Waals surface area (Å²) in [6, 6.07) is 22.3. The number of unbranched alkanes of at least 4 members (excludes halogenated alkanes) is 2. The molecule has 0 radical (unpaired) electrons. The summed E-state index contributed by atoms with van der Waals surface area (Å²) in [6.45, 7) is 22.0. The van der Waals surface area contributed by atoms with Crippen molar-refractivity contribution in [2.75, 3.05) is 81.5 Å². The second-order valence-corrected chi connectivity index (χ2v) is 35.8. The van der Waals surface area contributed by atoms with E-state index in [1.807, 2.05) is 93.9 Å². The topological polar surface area (TPSA) is 260 Å². The number of nitrogens with one attached hydrogen (secondary N) is 5. The molecule has 578 valence electrons. The number of thioether (sulfide) groups is 1. The molecule has 20 nitrogen and oxygen atoms in total. The Bertz CT molecular complexity index is 4150. The van der Waals surface area contributed by atoms with Gasteiger partial charge in [0, 0.05) is 118 Å². The van der Waals surface area contributed by atoms with Crippen LogP contribution in [0.1, 0.15) is 153 Å². The normalized spacial score (nSPS) is 19.2. The second-order valence-electron chi connectivity index (χ2n) is 30.3. The fourth-order valence-corrected chi connectivity index (χ4v) is 18.0. The molecule has 9 rings (SSSR count). The lowest BCUT2D eigenvalue weighted by atomic mass is 9.73. The fraction of sp³-hybridized carbons (Fsp3) is 0.532. The molecule has 1 aromatic heterocycles. The Morgan fingerprint density at radius 1 is 0.821 bits per heavy atom. The second kappa shape index (κ2) is 36.3. The standard InChI is InChI=1S/C77H101F5N10O10S4/c1-50(71(78)79)19-20-57-43-76(7,8)34-31-58(57)45-90-37-39-91(40-38-90)61-27-25-56(26-28-61)72(96)88-106(101,102)63-29-30-64(66(42-63)105(99,100)77(80,81)82)85-60(48-103-62-15-11-9-12-16-62)33-36-89-35-32-59(46-89)86-67(94)17-13-10-14-18-68(95)87-70(75(4,5)6)74(98)92-44-53(47-93)41-65(92)73(97)84-51(2)54-21-23-55(24-22-54)69-52(3)83-49-104-69/h9,11-12,15-16,21-30,42,49,51,53,59-60,65,70-71,85,93H,1,10,13-14,17-20,31-41,43-48H2,2-8H3,(H,84,97)(H,86,94)(H,87,95)(H,88,96)/t51-,53+,59+,60+,65-,70?/m0/s1.